The van der Waals surface area contributed by atoms with Gasteiger partial charge in [0, 0.05) is 17.3 Å². The summed E-state index contributed by atoms with van der Waals surface area (Å²) >= 11 is 0. The SMILES string of the molecule is COc1ccc(NC(=O)/C(=C\c2ccco2)NC(=O)c2ccccc2)cc1. The number of carbonyl (C=O) groups is 2. The first-order valence-corrected chi connectivity index (χ1v) is 8.23. The van der Waals surface area contributed by atoms with E-state index in [4.69, 9.17) is 9.15 Å². The zero-order valence-electron chi connectivity index (χ0n) is 14.6. The second-order valence-electron chi connectivity index (χ2n) is 5.58. The zero-order valence-corrected chi connectivity index (χ0v) is 14.6. The number of methoxy groups -OCH3 is 1. The zero-order chi connectivity index (χ0) is 19.1. The molecule has 0 saturated carbocycles. The lowest BCUT2D eigenvalue weighted by Gasteiger charge is -2.11. The van der Waals surface area contributed by atoms with Gasteiger partial charge in [-0.1, -0.05) is 18.2 Å². The quantitative estimate of drug-likeness (QED) is 0.655. The predicted molar refractivity (Wildman–Crippen MR) is 102 cm³/mol. The molecule has 6 nitrogen and oxygen atoms in total. The molecule has 27 heavy (non-hydrogen) atoms. The molecule has 0 aliphatic carbocycles. The van der Waals surface area contributed by atoms with Crippen LogP contribution in [0.3, 0.4) is 0 Å². The highest BCUT2D eigenvalue weighted by molar-refractivity contribution is 6.10. The maximum atomic E-state index is 12.7. The van der Waals surface area contributed by atoms with Crippen LogP contribution in [0.5, 0.6) is 5.75 Å². The fourth-order valence-electron chi connectivity index (χ4n) is 2.33. The molecular weight excluding hydrogens is 344 g/mol. The predicted octanol–water partition coefficient (Wildman–Crippen LogP) is 3.70. The largest absolute Gasteiger partial charge is 0.497 e. The Morgan fingerprint density at radius 2 is 1.70 bits per heavy atom. The topological polar surface area (TPSA) is 80.6 Å². The average molecular weight is 362 g/mol. The van der Waals surface area contributed by atoms with Crippen LogP contribution >= 0.6 is 0 Å². The Morgan fingerprint density at radius 3 is 2.33 bits per heavy atom. The molecule has 1 heterocycles. The molecule has 0 bridgehead atoms. The number of anilines is 1. The molecule has 0 atom stereocenters. The van der Waals surface area contributed by atoms with E-state index in [0.29, 0.717) is 22.8 Å². The molecule has 3 rings (SSSR count). The normalized spacial score (nSPS) is 10.9. The van der Waals surface area contributed by atoms with Crippen molar-refractivity contribution in [2.24, 2.45) is 0 Å². The molecule has 2 amide bonds. The maximum Gasteiger partial charge on any atom is 0.272 e. The molecule has 0 aliphatic heterocycles. The summed E-state index contributed by atoms with van der Waals surface area (Å²) in [6, 6.07) is 18.9. The number of hydrogen-bond acceptors (Lipinski definition) is 4. The molecule has 0 fully saturated rings. The third-order valence-electron chi connectivity index (χ3n) is 3.71. The minimum Gasteiger partial charge on any atom is -0.497 e. The van der Waals surface area contributed by atoms with Crippen molar-refractivity contribution < 1.29 is 18.7 Å². The van der Waals surface area contributed by atoms with Gasteiger partial charge in [-0.25, -0.2) is 0 Å². The molecule has 0 aliphatic rings. The smallest absolute Gasteiger partial charge is 0.272 e. The standard InChI is InChI=1S/C21H18N2O4/c1-26-17-11-9-16(10-12-17)22-21(25)19(14-18-8-5-13-27-18)23-20(24)15-6-3-2-4-7-15/h2-14H,1H3,(H,22,25)(H,23,24)/b19-14+. The average Bonchev–Trinajstić information content (AvgIpc) is 3.22. The summed E-state index contributed by atoms with van der Waals surface area (Å²) in [6.07, 6.45) is 2.96. The van der Waals surface area contributed by atoms with E-state index in [2.05, 4.69) is 10.6 Å². The Kier molecular flexibility index (Phi) is 5.69. The monoisotopic (exact) mass is 362 g/mol. The summed E-state index contributed by atoms with van der Waals surface area (Å²) in [5.74, 6) is 0.263. The van der Waals surface area contributed by atoms with Gasteiger partial charge in [0.2, 0.25) is 0 Å². The number of rotatable bonds is 6. The highest BCUT2D eigenvalue weighted by atomic mass is 16.5. The molecule has 136 valence electrons. The van der Waals surface area contributed by atoms with Crippen LogP contribution in [0.25, 0.3) is 6.08 Å². The lowest BCUT2D eigenvalue weighted by Crippen LogP contribution is -2.30. The highest BCUT2D eigenvalue weighted by Crippen LogP contribution is 2.16. The summed E-state index contributed by atoms with van der Waals surface area (Å²) in [7, 11) is 1.57. The summed E-state index contributed by atoms with van der Waals surface area (Å²) in [5.41, 5.74) is 1.08. The van der Waals surface area contributed by atoms with E-state index in [1.54, 1.807) is 67.8 Å². The van der Waals surface area contributed by atoms with Crippen LogP contribution in [-0.4, -0.2) is 18.9 Å². The number of amides is 2. The van der Waals surface area contributed by atoms with Gasteiger partial charge in [0.25, 0.3) is 11.8 Å². The Labute approximate surface area is 156 Å². The van der Waals surface area contributed by atoms with Crippen molar-refractivity contribution in [3.05, 3.63) is 90.0 Å². The summed E-state index contributed by atoms with van der Waals surface area (Å²) in [4.78, 5) is 25.1. The van der Waals surface area contributed by atoms with Crippen LogP contribution in [0.15, 0.2) is 83.1 Å². The number of benzene rings is 2. The first kappa shape index (κ1) is 18.0. The van der Waals surface area contributed by atoms with Crippen LogP contribution in [0, 0.1) is 0 Å². The molecule has 0 radical (unpaired) electrons. The first-order chi connectivity index (χ1) is 13.2. The third kappa shape index (κ3) is 4.85. The molecule has 2 N–H and O–H groups in total. The van der Waals surface area contributed by atoms with Crippen molar-refractivity contribution in [3.63, 3.8) is 0 Å². The minimum atomic E-state index is -0.471. The maximum absolute atomic E-state index is 12.7. The van der Waals surface area contributed by atoms with Gasteiger partial charge >= 0.3 is 0 Å². The van der Waals surface area contributed by atoms with Crippen molar-refractivity contribution in [2.75, 3.05) is 12.4 Å². The molecule has 2 aromatic carbocycles. The van der Waals surface area contributed by atoms with Crippen LogP contribution in [0.2, 0.25) is 0 Å². The van der Waals surface area contributed by atoms with E-state index < -0.39 is 11.8 Å². The molecular formula is C21H18N2O4. The second-order valence-corrected chi connectivity index (χ2v) is 5.58. The van der Waals surface area contributed by atoms with Crippen molar-refractivity contribution >= 4 is 23.6 Å². The Bertz CT molecular complexity index is 930. The van der Waals surface area contributed by atoms with Gasteiger partial charge in [-0.15, -0.1) is 0 Å². The lowest BCUT2D eigenvalue weighted by molar-refractivity contribution is -0.113. The Hall–Kier alpha value is -3.80. The van der Waals surface area contributed by atoms with E-state index in [1.165, 1.54) is 12.3 Å². The van der Waals surface area contributed by atoms with E-state index in [0.717, 1.165) is 0 Å². The number of carbonyl (C=O) groups excluding carboxylic acids is 2. The second kappa shape index (κ2) is 8.53. The van der Waals surface area contributed by atoms with Crippen molar-refractivity contribution in [3.8, 4) is 5.75 Å². The minimum absolute atomic E-state index is 0.0645. The van der Waals surface area contributed by atoms with Gasteiger partial charge in [0.05, 0.1) is 13.4 Å². The van der Waals surface area contributed by atoms with Gasteiger partial charge in [-0.3, -0.25) is 9.59 Å². The number of hydrogen-bond donors (Lipinski definition) is 2. The van der Waals surface area contributed by atoms with Gasteiger partial charge in [0.1, 0.15) is 17.2 Å². The van der Waals surface area contributed by atoms with E-state index in [9.17, 15) is 9.59 Å². The van der Waals surface area contributed by atoms with Gasteiger partial charge in [-0.05, 0) is 48.5 Å². The van der Waals surface area contributed by atoms with Crippen molar-refractivity contribution in [1.29, 1.82) is 0 Å². The van der Waals surface area contributed by atoms with E-state index in [1.807, 2.05) is 6.07 Å². The van der Waals surface area contributed by atoms with Crippen LogP contribution in [0.4, 0.5) is 5.69 Å². The fourth-order valence-corrected chi connectivity index (χ4v) is 2.33. The summed E-state index contributed by atoms with van der Waals surface area (Å²) in [6.45, 7) is 0. The number of furan rings is 1. The molecule has 1 aromatic heterocycles. The Morgan fingerprint density at radius 1 is 0.963 bits per heavy atom. The summed E-state index contributed by atoms with van der Waals surface area (Å²) in [5, 5.41) is 5.38. The molecule has 0 unspecified atom stereocenters. The number of nitrogens with one attached hydrogen (secondary N) is 2. The van der Waals surface area contributed by atoms with E-state index in [-0.39, 0.29) is 5.70 Å². The van der Waals surface area contributed by atoms with Crippen LogP contribution < -0.4 is 15.4 Å². The van der Waals surface area contributed by atoms with Crippen LogP contribution in [-0.2, 0) is 4.79 Å². The van der Waals surface area contributed by atoms with Crippen molar-refractivity contribution in [2.45, 2.75) is 0 Å². The highest BCUT2D eigenvalue weighted by Gasteiger charge is 2.15. The third-order valence-corrected chi connectivity index (χ3v) is 3.71. The summed E-state index contributed by atoms with van der Waals surface area (Å²) < 4.78 is 10.4. The molecule has 0 spiro atoms. The van der Waals surface area contributed by atoms with E-state index >= 15 is 0 Å². The van der Waals surface area contributed by atoms with Crippen LogP contribution in [0.1, 0.15) is 16.1 Å². The lowest BCUT2D eigenvalue weighted by atomic mass is 10.2. The fraction of sp³-hybridized carbons (Fsp3) is 0.0476. The first-order valence-electron chi connectivity index (χ1n) is 8.23. The Balaban J connectivity index is 1.80. The van der Waals surface area contributed by atoms with Crippen molar-refractivity contribution in [1.82, 2.24) is 5.32 Å². The van der Waals surface area contributed by atoms with Gasteiger partial charge in [0.15, 0.2) is 0 Å². The molecule has 6 heteroatoms. The van der Waals surface area contributed by atoms with Gasteiger partial charge in [-0.2, -0.15) is 0 Å². The molecule has 3 aromatic rings. The van der Waals surface area contributed by atoms with Gasteiger partial charge < -0.3 is 19.8 Å². The number of ether oxygens (including phenoxy) is 1. The molecule has 0 saturated heterocycles.